The molecule has 2 aliphatic rings. The van der Waals surface area contributed by atoms with Gasteiger partial charge in [0.2, 0.25) is 0 Å². The molecule has 0 unspecified atom stereocenters. The van der Waals surface area contributed by atoms with Crippen molar-refractivity contribution >= 4 is 27.8 Å². The van der Waals surface area contributed by atoms with Crippen LogP contribution in [-0.4, -0.2) is 46.8 Å². The molecule has 0 saturated heterocycles. The van der Waals surface area contributed by atoms with Gasteiger partial charge in [-0.25, -0.2) is 0 Å². The van der Waals surface area contributed by atoms with Crippen LogP contribution in [-0.2, 0) is 22.4 Å². The normalized spacial score (nSPS) is 22.5. The minimum atomic E-state index is -0.253. The van der Waals surface area contributed by atoms with Gasteiger partial charge in [-0.2, -0.15) is 0 Å². The van der Waals surface area contributed by atoms with E-state index in [-0.39, 0.29) is 24.7 Å². The molecule has 0 aliphatic carbocycles. The van der Waals surface area contributed by atoms with Crippen molar-refractivity contribution in [1.82, 2.24) is 20.6 Å². The third-order valence-corrected chi connectivity index (χ3v) is 6.95. The Labute approximate surface area is 212 Å². The Morgan fingerprint density at radius 3 is 1.86 bits per heavy atom. The molecular weight excluding hydrogens is 452 g/mol. The Morgan fingerprint density at radius 1 is 0.861 bits per heavy atom. The molecule has 192 valence electrons. The number of esters is 1. The molecule has 2 aliphatic heterocycles. The molecule has 2 aromatic carbocycles. The molecule has 36 heavy (non-hydrogen) atoms. The number of ether oxygens (including phenoxy) is 1. The van der Waals surface area contributed by atoms with Crippen molar-refractivity contribution in [1.29, 1.82) is 0 Å². The molecule has 4 heterocycles. The van der Waals surface area contributed by atoms with Crippen molar-refractivity contribution in [2.45, 2.75) is 64.7 Å². The highest BCUT2D eigenvalue weighted by atomic mass is 16.5. The van der Waals surface area contributed by atoms with Crippen LogP contribution in [0.5, 0.6) is 0 Å². The number of aliphatic hydroxyl groups is 1. The van der Waals surface area contributed by atoms with E-state index < -0.39 is 0 Å². The molecule has 6 rings (SSSR count). The van der Waals surface area contributed by atoms with Crippen molar-refractivity contribution in [3.63, 3.8) is 0 Å². The predicted octanol–water partition coefficient (Wildman–Crippen LogP) is 4.68. The second-order valence-electron chi connectivity index (χ2n) is 9.60. The first-order valence-electron chi connectivity index (χ1n) is 12.8. The second-order valence-corrected chi connectivity index (χ2v) is 9.60. The Morgan fingerprint density at radius 2 is 1.33 bits per heavy atom. The van der Waals surface area contributed by atoms with Gasteiger partial charge in [-0.3, -0.25) is 10.1 Å². The molecule has 7 nitrogen and oxygen atoms in total. The third kappa shape index (κ3) is 5.19. The zero-order valence-corrected chi connectivity index (χ0v) is 21.8. The summed E-state index contributed by atoms with van der Waals surface area (Å²) in [5.41, 5.74) is 7.68. The van der Waals surface area contributed by atoms with Gasteiger partial charge >= 0.3 is 5.97 Å². The van der Waals surface area contributed by atoms with Crippen LogP contribution in [0.1, 0.15) is 62.3 Å². The number of methoxy groups -OCH3 is 1. The average Bonchev–Trinajstić information content (AvgIpc) is 3.44. The summed E-state index contributed by atoms with van der Waals surface area (Å²) in [4.78, 5) is 18.6. The first-order chi connectivity index (χ1) is 17.4. The standard InChI is InChI=1S/C14H16N2O2.C13H16N2.C2H6O/c1-8-13-10(7-12(15-8)14(17)18-2)9-5-3-4-6-11(9)16-13;1-8-7-11-10-5-3-4-6-12(10)15-13(11)9(2)14-8;1-2-3/h3-6,8,12,15-16H,7H2,1-2H3;3-6,8-9,14-15H,7H2,1-2H3;3H,2H2,1H3/t8-,12-;8-,9+;/m01./s1. The van der Waals surface area contributed by atoms with E-state index in [2.05, 4.69) is 77.8 Å². The number of fused-ring (bicyclic) bond motifs is 6. The number of aliphatic hydroxyl groups excluding tert-OH is 1. The largest absolute Gasteiger partial charge is 0.468 e. The molecule has 5 N–H and O–H groups in total. The number of hydrogen-bond acceptors (Lipinski definition) is 5. The van der Waals surface area contributed by atoms with Gasteiger partial charge < -0.3 is 25.1 Å². The molecule has 4 aromatic rings. The Hall–Kier alpha value is -3.13. The van der Waals surface area contributed by atoms with E-state index in [4.69, 9.17) is 9.84 Å². The highest BCUT2D eigenvalue weighted by molar-refractivity contribution is 5.87. The van der Waals surface area contributed by atoms with Gasteiger partial charge in [-0.05, 0) is 57.4 Å². The third-order valence-electron chi connectivity index (χ3n) is 6.95. The fraction of sp³-hybridized carbons (Fsp3) is 0.414. The van der Waals surface area contributed by atoms with Crippen LogP contribution in [0.3, 0.4) is 0 Å². The molecule has 0 fully saturated rings. The van der Waals surface area contributed by atoms with E-state index in [1.807, 2.05) is 12.1 Å². The zero-order valence-electron chi connectivity index (χ0n) is 21.8. The number of para-hydroxylation sites is 2. The number of H-pyrrole nitrogens is 2. The van der Waals surface area contributed by atoms with Gasteiger partial charge in [-0.1, -0.05) is 36.4 Å². The first kappa shape index (κ1) is 25.9. The number of carbonyl (C=O) groups is 1. The molecule has 7 heteroatoms. The number of nitrogens with one attached hydrogen (secondary N) is 4. The minimum Gasteiger partial charge on any atom is -0.468 e. The Kier molecular flexibility index (Phi) is 8.14. The monoisotopic (exact) mass is 490 g/mol. The predicted molar refractivity (Wildman–Crippen MR) is 145 cm³/mol. The molecular formula is C29H38N4O3. The van der Waals surface area contributed by atoms with Gasteiger partial charge in [0.15, 0.2) is 0 Å². The van der Waals surface area contributed by atoms with Gasteiger partial charge in [-0.15, -0.1) is 0 Å². The second kappa shape index (κ2) is 11.3. The highest BCUT2D eigenvalue weighted by Crippen LogP contribution is 2.32. The van der Waals surface area contributed by atoms with Crippen molar-refractivity contribution in [3.05, 3.63) is 71.0 Å². The molecule has 0 saturated carbocycles. The van der Waals surface area contributed by atoms with Gasteiger partial charge in [0.1, 0.15) is 6.04 Å². The molecule has 4 atom stereocenters. The van der Waals surface area contributed by atoms with Crippen LogP contribution in [0.15, 0.2) is 48.5 Å². The number of benzene rings is 2. The summed E-state index contributed by atoms with van der Waals surface area (Å²) >= 11 is 0. The summed E-state index contributed by atoms with van der Waals surface area (Å²) in [5, 5.41) is 17.0. The first-order valence-corrected chi connectivity index (χ1v) is 12.8. The molecule has 0 amide bonds. The van der Waals surface area contributed by atoms with Gasteiger partial charge in [0.05, 0.1) is 7.11 Å². The zero-order chi connectivity index (χ0) is 25.8. The van der Waals surface area contributed by atoms with E-state index in [1.165, 1.54) is 45.9 Å². The van der Waals surface area contributed by atoms with Gasteiger partial charge in [0, 0.05) is 64.3 Å². The number of carbonyl (C=O) groups excluding carboxylic acids is 1. The van der Waals surface area contributed by atoms with E-state index in [0.29, 0.717) is 18.5 Å². The van der Waals surface area contributed by atoms with E-state index in [1.54, 1.807) is 6.92 Å². The number of hydrogen-bond donors (Lipinski definition) is 5. The van der Waals surface area contributed by atoms with Crippen molar-refractivity contribution in [2.75, 3.05) is 13.7 Å². The Balaban J connectivity index is 0.000000155. The van der Waals surface area contributed by atoms with Crippen LogP contribution in [0, 0.1) is 0 Å². The van der Waals surface area contributed by atoms with Crippen LogP contribution in [0.25, 0.3) is 21.8 Å². The summed E-state index contributed by atoms with van der Waals surface area (Å²) in [7, 11) is 1.43. The van der Waals surface area contributed by atoms with E-state index in [0.717, 1.165) is 11.9 Å². The van der Waals surface area contributed by atoms with Crippen molar-refractivity contribution in [3.8, 4) is 0 Å². The van der Waals surface area contributed by atoms with Crippen LogP contribution in [0.2, 0.25) is 0 Å². The molecule has 0 radical (unpaired) electrons. The Bertz CT molecular complexity index is 1320. The number of rotatable bonds is 1. The SMILES string of the molecule is CCO.COC(=O)[C@@H]1Cc2c([nH]c3ccccc23)[C@H](C)N1.C[C@@H]1Cc2c([nH]c3ccccc23)[C@H](C)N1. The highest BCUT2D eigenvalue weighted by Gasteiger charge is 2.31. The van der Waals surface area contributed by atoms with Crippen molar-refractivity contribution in [2.24, 2.45) is 0 Å². The number of aromatic amines is 2. The summed E-state index contributed by atoms with van der Waals surface area (Å²) in [6.45, 7) is 8.47. The van der Waals surface area contributed by atoms with E-state index in [9.17, 15) is 4.79 Å². The van der Waals surface area contributed by atoms with Crippen LogP contribution >= 0.6 is 0 Å². The molecule has 2 aromatic heterocycles. The minimum absolute atomic E-state index is 0.130. The summed E-state index contributed by atoms with van der Waals surface area (Å²) in [6.07, 6.45) is 1.81. The lowest BCUT2D eigenvalue weighted by Crippen LogP contribution is -2.44. The topological polar surface area (TPSA) is 102 Å². The van der Waals surface area contributed by atoms with Crippen LogP contribution in [0.4, 0.5) is 0 Å². The average molecular weight is 491 g/mol. The maximum absolute atomic E-state index is 11.7. The lowest BCUT2D eigenvalue weighted by Gasteiger charge is -2.27. The maximum atomic E-state index is 11.7. The quantitative estimate of drug-likeness (QED) is 0.250. The smallest absolute Gasteiger partial charge is 0.323 e. The lowest BCUT2D eigenvalue weighted by molar-refractivity contribution is -0.143. The maximum Gasteiger partial charge on any atom is 0.323 e. The summed E-state index contributed by atoms with van der Waals surface area (Å²) < 4.78 is 4.83. The van der Waals surface area contributed by atoms with Gasteiger partial charge in [0.25, 0.3) is 0 Å². The van der Waals surface area contributed by atoms with Crippen LogP contribution < -0.4 is 10.6 Å². The lowest BCUT2D eigenvalue weighted by atomic mass is 9.95. The number of aromatic nitrogens is 2. The molecule has 0 bridgehead atoms. The summed E-state index contributed by atoms with van der Waals surface area (Å²) in [5.74, 6) is -0.196. The fourth-order valence-corrected chi connectivity index (χ4v) is 5.44. The van der Waals surface area contributed by atoms with E-state index >= 15 is 0 Å². The fourth-order valence-electron chi connectivity index (χ4n) is 5.44. The van der Waals surface area contributed by atoms with Crippen molar-refractivity contribution < 1.29 is 14.6 Å². The summed E-state index contributed by atoms with van der Waals surface area (Å²) in [6, 6.07) is 17.7. The molecule has 0 spiro atoms.